The minimum absolute atomic E-state index is 0. The summed E-state index contributed by atoms with van der Waals surface area (Å²) in [6.07, 6.45) is 12.0. The van der Waals surface area contributed by atoms with Gasteiger partial charge in [0.1, 0.15) is 0 Å². The summed E-state index contributed by atoms with van der Waals surface area (Å²) in [4.78, 5) is 2.74. The zero-order valence-electron chi connectivity index (χ0n) is 16.2. The number of piperidine rings is 1. The van der Waals surface area contributed by atoms with E-state index in [4.69, 9.17) is 4.74 Å². The van der Waals surface area contributed by atoms with Gasteiger partial charge in [0.25, 0.3) is 0 Å². The fourth-order valence-electron chi connectivity index (χ4n) is 3.12. The minimum atomic E-state index is 0. The van der Waals surface area contributed by atoms with Crippen LogP contribution in [-0.2, 0) is 4.74 Å². The second kappa shape index (κ2) is 18.3. The van der Waals surface area contributed by atoms with Crippen LogP contribution in [0.15, 0.2) is 0 Å². The Balaban J connectivity index is 0. The Labute approximate surface area is 148 Å². The summed E-state index contributed by atoms with van der Waals surface area (Å²) in [5.74, 6) is 0.930. The predicted octanol–water partition coefficient (Wildman–Crippen LogP) is 6.54. The fraction of sp³-hybridized carbons (Fsp3) is 1.00. The number of hydrogen-bond acceptors (Lipinski definition) is 2. The molecule has 1 heterocycles. The molecular formula is C21H47NO. The Morgan fingerprint density at radius 3 is 2.13 bits per heavy atom. The Kier molecular flexibility index (Phi) is 20.0. The van der Waals surface area contributed by atoms with Crippen molar-refractivity contribution in [2.75, 3.05) is 26.3 Å². The molecule has 2 unspecified atom stereocenters. The van der Waals surface area contributed by atoms with Crippen molar-refractivity contribution in [1.29, 1.82) is 0 Å². The summed E-state index contributed by atoms with van der Waals surface area (Å²) in [5, 5.41) is 0. The van der Waals surface area contributed by atoms with E-state index >= 15 is 0 Å². The summed E-state index contributed by atoms with van der Waals surface area (Å²) < 4.78 is 5.22. The molecule has 0 bridgehead atoms. The van der Waals surface area contributed by atoms with E-state index in [1.54, 1.807) is 0 Å². The van der Waals surface area contributed by atoms with Crippen LogP contribution in [0.5, 0.6) is 0 Å². The molecule has 0 N–H and O–H groups in total. The lowest BCUT2D eigenvalue weighted by atomic mass is 9.91. The molecule has 2 heteroatoms. The highest BCUT2D eigenvalue weighted by Gasteiger charge is 2.24. The maximum atomic E-state index is 5.22. The first-order valence-electron chi connectivity index (χ1n) is 10.0. The first-order chi connectivity index (χ1) is 10.7. The van der Waals surface area contributed by atoms with Crippen molar-refractivity contribution < 1.29 is 4.74 Å². The van der Waals surface area contributed by atoms with Gasteiger partial charge >= 0.3 is 0 Å². The quantitative estimate of drug-likeness (QED) is 0.422. The maximum absolute atomic E-state index is 5.22. The molecule has 0 aromatic carbocycles. The van der Waals surface area contributed by atoms with Crippen molar-refractivity contribution in [1.82, 2.24) is 4.90 Å². The van der Waals surface area contributed by atoms with Gasteiger partial charge in [0.15, 0.2) is 0 Å². The van der Waals surface area contributed by atoms with E-state index in [0.29, 0.717) is 0 Å². The van der Waals surface area contributed by atoms with Gasteiger partial charge in [-0.2, -0.15) is 0 Å². The van der Waals surface area contributed by atoms with E-state index in [0.717, 1.165) is 31.6 Å². The fourth-order valence-corrected chi connectivity index (χ4v) is 3.12. The molecule has 0 saturated carbocycles. The first-order valence-corrected chi connectivity index (χ1v) is 10.0. The van der Waals surface area contributed by atoms with Crippen molar-refractivity contribution in [3.05, 3.63) is 0 Å². The lowest BCUT2D eigenvalue weighted by molar-refractivity contribution is 0.106. The van der Waals surface area contributed by atoms with E-state index < -0.39 is 0 Å². The summed E-state index contributed by atoms with van der Waals surface area (Å²) in [7, 11) is 0. The van der Waals surface area contributed by atoms with Gasteiger partial charge in [-0.3, -0.25) is 0 Å². The molecule has 2 nitrogen and oxygen atoms in total. The summed E-state index contributed by atoms with van der Waals surface area (Å²) >= 11 is 0. The monoisotopic (exact) mass is 329 g/mol. The summed E-state index contributed by atoms with van der Waals surface area (Å²) in [6.45, 7) is 15.9. The largest absolute Gasteiger partial charge is 0.381 e. The van der Waals surface area contributed by atoms with Gasteiger partial charge in [-0.1, -0.05) is 61.3 Å². The number of unbranched alkanes of at least 4 members (excludes halogenated alkanes) is 2. The molecule has 142 valence electrons. The van der Waals surface area contributed by atoms with Crippen LogP contribution in [0.25, 0.3) is 0 Å². The second-order valence-corrected chi connectivity index (χ2v) is 6.94. The second-order valence-electron chi connectivity index (χ2n) is 6.94. The summed E-state index contributed by atoms with van der Waals surface area (Å²) in [6, 6.07) is 0.908. The van der Waals surface area contributed by atoms with Crippen LogP contribution in [0.3, 0.4) is 0 Å². The normalized spacial score (nSPS) is 21.3. The molecule has 0 aromatic rings. The van der Waals surface area contributed by atoms with E-state index in [1.807, 2.05) is 0 Å². The lowest BCUT2D eigenvalue weighted by Crippen LogP contribution is -2.43. The van der Waals surface area contributed by atoms with Crippen LogP contribution >= 0.6 is 0 Å². The maximum Gasteiger partial charge on any atom is 0.0465 e. The van der Waals surface area contributed by atoms with E-state index in [9.17, 15) is 0 Å². The van der Waals surface area contributed by atoms with Gasteiger partial charge < -0.3 is 9.64 Å². The van der Waals surface area contributed by atoms with Crippen molar-refractivity contribution in [3.8, 4) is 0 Å². The molecule has 0 aliphatic carbocycles. The zero-order valence-corrected chi connectivity index (χ0v) is 16.2. The standard InChI is InChI=1S/C13H27N.C7H16O.CH4/c1-4-6-7-13-9-8-12(3)11-14(13)10-5-2;1-3-5-7-8-6-4-2;/h12-13H,4-11H2,1-3H3;3-7H2,1-2H3;1H4. The first kappa shape index (κ1) is 25.2. The van der Waals surface area contributed by atoms with Gasteiger partial charge in [0.2, 0.25) is 0 Å². The number of nitrogens with zero attached hydrogens (tertiary/aromatic N) is 1. The molecule has 1 rings (SSSR count). The predicted molar refractivity (Wildman–Crippen MR) is 106 cm³/mol. The Morgan fingerprint density at radius 2 is 1.57 bits per heavy atom. The van der Waals surface area contributed by atoms with Crippen LogP contribution < -0.4 is 0 Å². The molecule has 2 atom stereocenters. The van der Waals surface area contributed by atoms with Crippen molar-refractivity contribution in [2.24, 2.45) is 5.92 Å². The van der Waals surface area contributed by atoms with Crippen molar-refractivity contribution >= 4 is 0 Å². The third-order valence-electron chi connectivity index (χ3n) is 4.45. The Bertz CT molecular complexity index is 212. The van der Waals surface area contributed by atoms with Crippen LogP contribution in [0.4, 0.5) is 0 Å². The third-order valence-corrected chi connectivity index (χ3v) is 4.45. The molecule has 0 radical (unpaired) electrons. The topological polar surface area (TPSA) is 12.5 Å². The van der Waals surface area contributed by atoms with Gasteiger partial charge in [0.05, 0.1) is 0 Å². The van der Waals surface area contributed by atoms with Crippen LogP contribution in [-0.4, -0.2) is 37.2 Å². The highest BCUT2D eigenvalue weighted by molar-refractivity contribution is 4.79. The third kappa shape index (κ3) is 14.0. The molecular weight excluding hydrogens is 282 g/mol. The van der Waals surface area contributed by atoms with Crippen molar-refractivity contribution in [2.45, 2.75) is 106 Å². The van der Waals surface area contributed by atoms with Gasteiger partial charge in [0, 0.05) is 25.8 Å². The summed E-state index contributed by atoms with van der Waals surface area (Å²) in [5.41, 5.74) is 0. The smallest absolute Gasteiger partial charge is 0.0465 e. The van der Waals surface area contributed by atoms with Gasteiger partial charge in [-0.15, -0.1) is 0 Å². The Hall–Kier alpha value is -0.0800. The van der Waals surface area contributed by atoms with Gasteiger partial charge in [-0.05, 0) is 51.0 Å². The molecule has 0 amide bonds. The van der Waals surface area contributed by atoms with Crippen LogP contribution in [0.2, 0.25) is 0 Å². The zero-order chi connectivity index (χ0) is 16.6. The molecule has 1 fully saturated rings. The van der Waals surface area contributed by atoms with E-state index in [-0.39, 0.29) is 7.43 Å². The molecule has 1 aliphatic heterocycles. The highest BCUT2D eigenvalue weighted by Crippen LogP contribution is 2.25. The molecule has 1 saturated heterocycles. The van der Waals surface area contributed by atoms with Crippen LogP contribution in [0, 0.1) is 5.92 Å². The van der Waals surface area contributed by atoms with Gasteiger partial charge in [-0.25, -0.2) is 0 Å². The molecule has 23 heavy (non-hydrogen) atoms. The number of hydrogen-bond donors (Lipinski definition) is 0. The average Bonchev–Trinajstić information content (AvgIpc) is 2.52. The highest BCUT2D eigenvalue weighted by atomic mass is 16.5. The van der Waals surface area contributed by atoms with Crippen molar-refractivity contribution in [3.63, 3.8) is 0 Å². The molecule has 1 aliphatic rings. The lowest BCUT2D eigenvalue weighted by Gasteiger charge is -2.38. The Morgan fingerprint density at radius 1 is 0.870 bits per heavy atom. The SMILES string of the molecule is C.CCCCC1CCC(C)CN1CCC.CCCCOCCC. The van der Waals surface area contributed by atoms with E-state index in [1.165, 1.54) is 64.5 Å². The number of rotatable bonds is 10. The molecule has 0 spiro atoms. The average molecular weight is 330 g/mol. The van der Waals surface area contributed by atoms with E-state index in [2.05, 4.69) is 39.5 Å². The van der Waals surface area contributed by atoms with Crippen LogP contribution in [0.1, 0.15) is 99.8 Å². The molecule has 0 aromatic heterocycles. The number of likely N-dealkylation sites (tertiary alicyclic amines) is 1. The minimum Gasteiger partial charge on any atom is -0.381 e. The number of ether oxygens (including phenoxy) is 1.